The van der Waals surface area contributed by atoms with Crippen molar-refractivity contribution in [1.29, 1.82) is 0 Å². The summed E-state index contributed by atoms with van der Waals surface area (Å²) in [7, 11) is 0. The standard InChI is InChI=1S/C25H31F3O5S.CH4/c1-5-20(31)33-25(21(32)34-12-26)13(2)8-15-16-10-18(27)17-9-14(29)6-7-22(17,3)24(16,28)19(30)11-23(15,25)4;/h6-7,9,13,15-16,18-19,30H,5,8,10-12H2,1-4H3;1H4/t13-,15+,16+,18+,19+,22+,23+,24+,25+;/m1./s1. The number of hydrogen-bond acceptors (Lipinski definition) is 6. The maximum absolute atomic E-state index is 17.2. The van der Waals surface area contributed by atoms with Crippen LogP contribution in [0, 0.1) is 28.6 Å². The normalized spacial score (nSPS) is 46.0. The lowest BCUT2D eigenvalue weighted by Gasteiger charge is -2.63. The Labute approximate surface area is 208 Å². The highest BCUT2D eigenvalue weighted by molar-refractivity contribution is 8.13. The molecule has 3 fully saturated rings. The topological polar surface area (TPSA) is 80.7 Å². The van der Waals surface area contributed by atoms with Crippen LogP contribution in [0.3, 0.4) is 0 Å². The van der Waals surface area contributed by atoms with Gasteiger partial charge in [-0.3, -0.25) is 14.4 Å². The van der Waals surface area contributed by atoms with Crippen molar-refractivity contribution >= 4 is 28.6 Å². The lowest BCUT2D eigenvalue weighted by Crippen LogP contribution is -2.70. The molecule has 0 aromatic heterocycles. The van der Waals surface area contributed by atoms with Crippen LogP contribution in [0.15, 0.2) is 23.8 Å². The van der Waals surface area contributed by atoms with Gasteiger partial charge in [-0.05, 0) is 61.6 Å². The summed E-state index contributed by atoms with van der Waals surface area (Å²) < 4.78 is 51.8. The van der Waals surface area contributed by atoms with Gasteiger partial charge in [0, 0.05) is 29.1 Å². The molecule has 9 atom stereocenters. The van der Waals surface area contributed by atoms with Gasteiger partial charge in [0.2, 0.25) is 5.12 Å². The fourth-order valence-corrected chi connectivity index (χ4v) is 8.42. The Balaban J connectivity index is 0.00000342. The van der Waals surface area contributed by atoms with Crippen LogP contribution >= 0.6 is 11.8 Å². The van der Waals surface area contributed by atoms with Gasteiger partial charge in [-0.25, -0.2) is 13.2 Å². The number of thioether (sulfide) groups is 1. The van der Waals surface area contributed by atoms with E-state index in [4.69, 9.17) is 4.74 Å². The van der Waals surface area contributed by atoms with Crippen LogP contribution in [0.4, 0.5) is 13.2 Å². The predicted octanol–water partition coefficient (Wildman–Crippen LogP) is 5.07. The molecule has 0 radical (unpaired) electrons. The number of fused-ring (bicyclic) bond motifs is 5. The van der Waals surface area contributed by atoms with E-state index in [2.05, 4.69) is 0 Å². The number of carbonyl (C=O) groups is 3. The maximum atomic E-state index is 17.2. The van der Waals surface area contributed by atoms with Crippen molar-refractivity contribution in [3.05, 3.63) is 23.8 Å². The maximum Gasteiger partial charge on any atom is 0.306 e. The quantitative estimate of drug-likeness (QED) is 0.526. The van der Waals surface area contributed by atoms with Gasteiger partial charge in [-0.1, -0.05) is 34.3 Å². The lowest BCUT2D eigenvalue weighted by molar-refractivity contribution is -0.228. The van der Waals surface area contributed by atoms with Crippen molar-refractivity contribution in [3.63, 3.8) is 0 Å². The van der Waals surface area contributed by atoms with Crippen LogP contribution in [0.2, 0.25) is 0 Å². The highest BCUT2D eigenvalue weighted by atomic mass is 32.2. The molecule has 0 aromatic rings. The van der Waals surface area contributed by atoms with Gasteiger partial charge in [0.15, 0.2) is 17.1 Å². The van der Waals surface area contributed by atoms with E-state index >= 15 is 8.78 Å². The van der Waals surface area contributed by atoms with Gasteiger partial charge in [-0.2, -0.15) is 0 Å². The summed E-state index contributed by atoms with van der Waals surface area (Å²) in [5.41, 5.74) is -6.84. The summed E-state index contributed by atoms with van der Waals surface area (Å²) in [6, 6.07) is -1.02. The molecule has 0 aromatic carbocycles. The summed E-state index contributed by atoms with van der Waals surface area (Å²) in [6.07, 6.45) is 0.160. The fourth-order valence-electron chi connectivity index (χ4n) is 7.63. The Bertz CT molecular complexity index is 984. The van der Waals surface area contributed by atoms with E-state index in [1.165, 1.54) is 19.1 Å². The van der Waals surface area contributed by atoms with Crippen molar-refractivity contribution in [3.8, 4) is 0 Å². The van der Waals surface area contributed by atoms with E-state index in [1.807, 2.05) is 0 Å². The minimum atomic E-state index is -2.30. The summed E-state index contributed by atoms with van der Waals surface area (Å²) in [5.74, 6) is -3.30. The number of carbonyl (C=O) groups excluding carboxylic acids is 3. The third-order valence-electron chi connectivity index (χ3n) is 9.22. The molecular formula is C26H35F3O5S. The first kappa shape index (κ1) is 28.0. The molecule has 4 rings (SSSR count). The number of alkyl halides is 3. The Hall–Kier alpha value is -1.61. The van der Waals surface area contributed by atoms with Crippen molar-refractivity contribution in [1.82, 2.24) is 0 Å². The zero-order valence-corrected chi connectivity index (χ0v) is 20.6. The number of allylic oxidation sites excluding steroid dienone is 4. The molecule has 4 aliphatic rings. The highest BCUT2D eigenvalue weighted by Gasteiger charge is 2.78. The number of aliphatic hydroxyl groups excluding tert-OH is 1. The number of ketones is 1. The molecule has 4 aliphatic carbocycles. The van der Waals surface area contributed by atoms with Gasteiger partial charge >= 0.3 is 5.97 Å². The van der Waals surface area contributed by atoms with Crippen LogP contribution in [0.1, 0.15) is 60.8 Å². The Kier molecular flexibility index (Phi) is 7.23. The molecule has 0 bridgehead atoms. The third kappa shape index (κ3) is 3.43. The van der Waals surface area contributed by atoms with E-state index < -0.39 is 75.0 Å². The predicted molar refractivity (Wildman–Crippen MR) is 128 cm³/mol. The Morgan fingerprint density at radius 3 is 2.51 bits per heavy atom. The number of rotatable bonds is 4. The minimum Gasteiger partial charge on any atom is -0.449 e. The van der Waals surface area contributed by atoms with Gasteiger partial charge in [0.05, 0.1) is 6.10 Å². The molecule has 0 heterocycles. The number of aliphatic hydroxyl groups is 1. The second kappa shape index (κ2) is 9.05. The van der Waals surface area contributed by atoms with E-state index in [1.54, 1.807) is 20.8 Å². The summed E-state index contributed by atoms with van der Waals surface area (Å²) >= 11 is 0.396. The van der Waals surface area contributed by atoms with Crippen molar-refractivity contribution in [2.45, 2.75) is 84.4 Å². The van der Waals surface area contributed by atoms with E-state index in [-0.39, 0.29) is 38.7 Å². The summed E-state index contributed by atoms with van der Waals surface area (Å²) in [5, 5.41) is 10.7. The largest absolute Gasteiger partial charge is 0.449 e. The monoisotopic (exact) mass is 516 g/mol. The number of halogens is 3. The van der Waals surface area contributed by atoms with E-state index in [9.17, 15) is 23.9 Å². The van der Waals surface area contributed by atoms with Crippen LogP contribution in [-0.4, -0.2) is 51.5 Å². The lowest BCUT2D eigenvalue weighted by atomic mass is 9.44. The van der Waals surface area contributed by atoms with Crippen LogP contribution in [0.5, 0.6) is 0 Å². The first-order valence-corrected chi connectivity index (χ1v) is 12.7. The van der Waals surface area contributed by atoms with Gasteiger partial charge in [-0.15, -0.1) is 0 Å². The molecule has 0 amide bonds. The Morgan fingerprint density at radius 1 is 1.26 bits per heavy atom. The van der Waals surface area contributed by atoms with Crippen LogP contribution in [0.25, 0.3) is 0 Å². The molecular weight excluding hydrogens is 481 g/mol. The Morgan fingerprint density at radius 2 is 1.91 bits per heavy atom. The van der Waals surface area contributed by atoms with Crippen molar-refractivity contribution < 1.29 is 37.4 Å². The zero-order valence-electron chi connectivity index (χ0n) is 19.8. The van der Waals surface area contributed by atoms with Crippen molar-refractivity contribution in [2.75, 3.05) is 6.01 Å². The number of hydrogen-bond donors (Lipinski definition) is 1. The van der Waals surface area contributed by atoms with E-state index in [0.717, 1.165) is 6.08 Å². The van der Waals surface area contributed by atoms with Crippen molar-refractivity contribution in [2.24, 2.45) is 28.6 Å². The SMILES string of the molecule is C.CCC(=O)O[C@]1(C(=O)SCF)[C@H](C)C[C@H]2[C@@H]3C[C@H](F)C4=CC(=O)C=C[C@]4(C)[C@@]3(F)[C@@H](O)C[C@@]21C. The third-order valence-corrected chi connectivity index (χ3v) is 9.90. The second-order valence-electron chi connectivity index (χ2n) is 10.6. The smallest absolute Gasteiger partial charge is 0.306 e. The first-order valence-electron chi connectivity index (χ1n) is 11.7. The fraction of sp³-hybridized carbons (Fsp3) is 0.731. The molecule has 0 aliphatic heterocycles. The second-order valence-corrected chi connectivity index (χ2v) is 11.5. The summed E-state index contributed by atoms with van der Waals surface area (Å²) in [4.78, 5) is 37.8. The zero-order chi connectivity index (χ0) is 25.3. The van der Waals surface area contributed by atoms with Gasteiger partial charge in [0.25, 0.3) is 0 Å². The molecule has 35 heavy (non-hydrogen) atoms. The molecule has 5 nitrogen and oxygen atoms in total. The minimum absolute atomic E-state index is 0. The van der Waals surface area contributed by atoms with Crippen LogP contribution < -0.4 is 0 Å². The number of esters is 1. The molecule has 3 saturated carbocycles. The first-order chi connectivity index (χ1) is 15.8. The van der Waals surface area contributed by atoms with Gasteiger partial charge in [0.1, 0.15) is 12.2 Å². The molecule has 196 valence electrons. The molecule has 0 unspecified atom stereocenters. The molecule has 9 heteroatoms. The highest BCUT2D eigenvalue weighted by Crippen LogP contribution is 2.72. The molecule has 1 N–H and O–H groups in total. The molecule has 0 spiro atoms. The summed E-state index contributed by atoms with van der Waals surface area (Å²) in [6.45, 7) is 6.45. The average molecular weight is 517 g/mol. The average Bonchev–Trinajstić information content (AvgIpc) is 2.99. The van der Waals surface area contributed by atoms with E-state index in [0.29, 0.717) is 11.8 Å². The molecule has 0 saturated heterocycles. The van der Waals surface area contributed by atoms with Gasteiger partial charge < -0.3 is 9.84 Å². The number of ether oxygens (including phenoxy) is 1. The van der Waals surface area contributed by atoms with Crippen LogP contribution in [-0.2, 0) is 19.1 Å².